The summed E-state index contributed by atoms with van der Waals surface area (Å²) in [5.41, 5.74) is 0. The summed E-state index contributed by atoms with van der Waals surface area (Å²) in [6.45, 7) is 2.35. The van der Waals surface area contributed by atoms with E-state index in [1.54, 1.807) is 0 Å². The van der Waals surface area contributed by atoms with Crippen LogP contribution in [0.25, 0.3) is 0 Å². The summed E-state index contributed by atoms with van der Waals surface area (Å²) in [7, 11) is 0. The van der Waals surface area contributed by atoms with Crippen molar-refractivity contribution in [3.8, 4) is 0 Å². The van der Waals surface area contributed by atoms with Gasteiger partial charge in [-0.1, -0.05) is 142 Å². The van der Waals surface area contributed by atoms with Crippen molar-refractivity contribution in [3.05, 3.63) is 0 Å². The minimum Gasteiger partial charge on any atom is -0.393 e. The minimum atomic E-state index is -0.108. The molecule has 0 aliphatic rings. The van der Waals surface area contributed by atoms with Crippen LogP contribution in [0, 0.1) is 0 Å². The van der Waals surface area contributed by atoms with Crippen LogP contribution in [0.1, 0.15) is 161 Å². The highest BCUT2D eigenvalue weighted by Crippen LogP contribution is 2.16. The number of hydrogen-bond acceptors (Lipinski definition) is 1. The van der Waals surface area contributed by atoms with Gasteiger partial charge < -0.3 is 5.11 Å². The molecule has 0 saturated heterocycles. The molecular formula is C27H55O2. The summed E-state index contributed by atoms with van der Waals surface area (Å²) in [4.78, 5) is 0. The molecule has 0 aromatic heterocycles. The Hall–Kier alpha value is -0.0800. The van der Waals surface area contributed by atoms with Gasteiger partial charge in [0.2, 0.25) is 0 Å². The van der Waals surface area contributed by atoms with Crippen LogP contribution in [0.15, 0.2) is 0 Å². The molecule has 0 aromatic carbocycles. The molecule has 0 rings (SSSR count). The van der Waals surface area contributed by atoms with Gasteiger partial charge in [-0.25, -0.2) is 5.11 Å². The topological polar surface area (TPSA) is 40.1 Å². The van der Waals surface area contributed by atoms with E-state index in [2.05, 4.69) is 6.92 Å². The molecule has 0 amide bonds. The van der Waals surface area contributed by atoms with Gasteiger partial charge >= 0.3 is 0 Å². The van der Waals surface area contributed by atoms with Crippen molar-refractivity contribution in [2.45, 2.75) is 167 Å². The van der Waals surface area contributed by atoms with E-state index in [4.69, 9.17) is 0 Å². The summed E-state index contributed by atoms with van der Waals surface area (Å²) in [6, 6.07) is 0. The summed E-state index contributed by atoms with van der Waals surface area (Å²) < 4.78 is 0. The average molecular weight is 412 g/mol. The maximum absolute atomic E-state index is 10.4. The zero-order chi connectivity index (χ0) is 21.3. The molecule has 1 unspecified atom stereocenters. The Morgan fingerprint density at radius 2 is 0.724 bits per heavy atom. The number of aliphatic hydroxyl groups excluding tert-OH is 1. The highest BCUT2D eigenvalue weighted by atomic mass is 16.3. The monoisotopic (exact) mass is 411 g/mol. The van der Waals surface area contributed by atoms with Crippen LogP contribution >= 0.6 is 0 Å². The Morgan fingerprint density at radius 1 is 0.448 bits per heavy atom. The van der Waals surface area contributed by atoms with E-state index in [9.17, 15) is 10.2 Å². The first-order valence-corrected chi connectivity index (χ1v) is 13.6. The number of hydrogen-bond donors (Lipinski definition) is 1. The fourth-order valence-corrected chi connectivity index (χ4v) is 4.26. The molecule has 1 N–H and O–H groups in total. The first-order chi connectivity index (χ1) is 14.3. The van der Waals surface area contributed by atoms with Gasteiger partial charge in [0, 0.05) is 0 Å². The Kier molecular flexibility index (Phi) is 25.9. The lowest BCUT2D eigenvalue weighted by molar-refractivity contribution is 0.146. The Bertz CT molecular complexity index is 280. The van der Waals surface area contributed by atoms with Crippen molar-refractivity contribution in [2.75, 3.05) is 6.61 Å². The van der Waals surface area contributed by atoms with Gasteiger partial charge in [0.1, 0.15) is 0 Å². The maximum atomic E-state index is 10.4. The SMILES string of the molecule is CCCCCCCCCCCCCCCCCCCCC(O)CCCCCC[O]. The molecule has 1 atom stereocenters. The lowest BCUT2D eigenvalue weighted by Gasteiger charge is -2.10. The predicted octanol–water partition coefficient (Wildman–Crippen LogP) is 9.16. The largest absolute Gasteiger partial charge is 0.393 e. The molecule has 0 fully saturated rings. The molecule has 0 aromatic rings. The second kappa shape index (κ2) is 26.0. The van der Waals surface area contributed by atoms with Crippen LogP contribution in [-0.2, 0) is 5.11 Å². The first-order valence-electron chi connectivity index (χ1n) is 13.6. The highest BCUT2D eigenvalue weighted by Gasteiger charge is 2.03. The van der Waals surface area contributed by atoms with E-state index in [0.717, 1.165) is 38.5 Å². The molecule has 29 heavy (non-hydrogen) atoms. The van der Waals surface area contributed by atoms with E-state index >= 15 is 0 Å². The molecule has 2 nitrogen and oxygen atoms in total. The molecule has 0 heterocycles. The molecule has 1 radical (unpaired) electrons. The van der Waals surface area contributed by atoms with Gasteiger partial charge in [-0.15, -0.1) is 0 Å². The molecular weight excluding hydrogens is 356 g/mol. The summed E-state index contributed by atoms with van der Waals surface area (Å²) >= 11 is 0. The lowest BCUT2D eigenvalue weighted by atomic mass is 10.0. The van der Waals surface area contributed by atoms with Crippen molar-refractivity contribution >= 4 is 0 Å². The van der Waals surface area contributed by atoms with E-state index in [-0.39, 0.29) is 12.7 Å². The lowest BCUT2D eigenvalue weighted by Crippen LogP contribution is -2.05. The summed E-state index contributed by atoms with van der Waals surface area (Å²) in [5, 5.41) is 20.3. The van der Waals surface area contributed by atoms with Crippen LogP contribution in [0.3, 0.4) is 0 Å². The first kappa shape index (κ1) is 28.9. The number of unbranched alkanes of at least 4 members (excludes halogenated alkanes) is 20. The van der Waals surface area contributed by atoms with E-state index in [1.807, 2.05) is 0 Å². The second-order valence-electron chi connectivity index (χ2n) is 9.36. The van der Waals surface area contributed by atoms with E-state index in [0.29, 0.717) is 0 Å². The third kappa shape index (κ3) is 25.9. The van der Waals surface area contributed by atoms with Crippen LogP contribution in [0.4, 0.5) is 0 Å². The molecule has 0 aliphatic heterocycles. The van der Waals surface area contributed by atoms with Gasteiger partial charge in [-0.05, 0) is 19.3 Å². The second-order valence-corrected chi connectivity index (χ2v) is 9.36. The average Bonchev–Trinajstić information content (AvgIpc) is 2.72. The fraction of sp³-hybridized carbons (Fsp3) is 1.00. The zero-order valence-corrected chi connectivity index (χ0v) is 20.1. The van der Waals surface area contributed by atoms with Crippen molar-refractivity contribution in [2.24, 2.45) is 0 Å². The van der Waals surface area contributed by atoms with Crippen LogP contribution < -0.4 is 0 Å². The van der Waals surface area contributed by atoms with Gasteiger partial charge in [-0.2, -0.15) is 0 Å². The molecule has 0 aliphatic carbocycles. The normalized spacial score (nSPS) is 12.5. The van der Waals surface area contributed by atoms with Crippen molar-refractivity contribution in [3.63, 3.8) is 0 Å². The summed E-state index contributed by atoms with van der Waals surface area (Å²) in [5.74, 6) is 0. The van der Waals surface area contributed by atoms with E-state index in [1.165, 1.54) is 116 Å². The maximum Gasteiger partial charge on any atom is 0.0822 e. The molecule has 0 bridgehead atoms. The molecule has 0 saturated carbocycles. The number of aliphatic hydroxyl groups is 1. The van der Waals surface area contributed by atoms with Crippen LogP contribution in [0.5, 0.6) is 0 Å². The molecule has 2 heteroatoms. The highest BCUT2D eigenvalue weighted by molar-refractivity contribution is 4.57. The van der Waals surface area contributed by atoms with Crippen molar-refractivity contribution in [1.82, 2.24) is 0 Å². The van der Waals surface area contributed by atoms with Crippen molar-refractivity contribution < 1.29 is 10.2 Å². The predicted molar refractivity (Wildman–Crippen MR) is 128 cm³/mol. The molecule has 0 spiro atoms. The smallest absolute Gasteiger partial charge is 0.0822 e. The zero-order valence-electron chi connectivity index (χ0n) is 20.1. The third-order valence-corrected chi connectivity index (χ3v) is 6.32. The van der Waals surface area contributed by atoms with E-state index < -0.39 is 0 Å². The Balaban J connectivity index is 3.08. The Morgan fingerprint density at radius 3 is 1.03 bits per heavy atom. The van der Waals surface area contributed by atoms with Crippen LogP contribution in [-0.4, -0.2) is 17.8 Å². The third-order valence-electron chi connectivity index (χ3n) is 6.32. The van der Waals surface area contributed by atoms with Crippen LogP contribution in [0.2, 0.25) is 0 Å². The standard InChI is InChI=1S/C27H55O2/c1-2-3-4-5-6-7-8-9-10-11-12-13-14-15-16-17-18-21-24-27(29)25-22-19-20-23-26-28/h27,29H,2-26H2,1H3. The van der Waals surface area contributed by atoms with Gasteiger partial charge in [0.05, 0.1) is 12.7 Å². The van der Waals surface area contributed by atoms with Gasteiger partial charge in [0.15, 0.2) is 0 Å². The fourth-order valence-electron chi connectivity index (χ4n) is 4.26. The Labute approximate surface area is 184 Å². The van der Waals surface area contributed by atoms with Crippen molar-refractivity contribution in [1.29, 1.82) is 0 Å². The van der Waals surface area contributed by atoms with Gasteiger partial charge in [-0.3, -0.25) is 0 Å². The molecule has 175 valence electrons. The summed E-state index contributed by atoms with van der Waals surface area (Å²) in [6.07, 6.45) is 31.1. The van der Waals surface area contributed by atoms with Gasteiger partial charge in [0.25, 0.3) is 0 Å². The quantitative estimate of drug-likeness (QED) is 0.149. The number of rotatable bonds is 25. The minimum absolute atomic E-state index is 0.0574.